The first-order valence-corrected chi connectivity index (χ1v) is 11.2. The van der Waals surface area contributed by atoms with E-state index in [4.69, 9.17) is 13.9 Å². The van der Waals surface area contributed by atoms with Crippen molar-refractivity contribution in [3.8, 4) is 23.0 Å². The van der Waals surface area contributed by atoms with Gasteiger partial charge in [0.1, 0.15) is 5.52 Å². The van der Waals surface area contributed by atoms with Crippen LogP contribution < -0.4 is 9.47 Å². The van der Waals surface area contributed by atoms with Crippen molar-refractivity contribution < 1.29 is 13.9 Å². The molecule has 0 radical (unpaired) electrons. The van der Waals surface area contributed by atoms with Gasteiger partial charge in [-0.15, -0.1) is 0 Å². The number of ether oxygens (including phenoxy) is 2. The van der Waals surface area contributed by atoms with Gasteiger partial charge in [0.2, 0.25) is 5.89 Å². The lowest BCUT2D eigenvalue weighted by Gasteiger charge is -2.11. The van der Waals surface area contributed by atoms with Crippen LogP contribution in [0.25, 0.3) is 34.7 Å². The average molecular weight is 428 g/mol. The van der Waals surface area contributed by atoms with E-state index in [-0.39, 0.29) is 0 Å². The predicted molar refractivity (Wildman–Crippen MR) is 131 cm³/mol. The van der Waals surface area contributed by atoms with E-state index in [1.54, 1.807) is 7.11 Å². The van der Waals surface area contributed by atoms with E-state index in [2.05, 4.69) is 36.2 Å². The minimum atomic E-state index is 0.636. The Labute approximate surface area is 189 Å². The summed E-state index contributed by atoms with van der Waals surface area (Å²) in [5.41, 5.74) is 4.78. The van der Waals surface area contributed by atoms with Gasteiger partial charge in [-0.25, -0.2) is 4.98 Å². The maximum absolute atomic E-state index is 5.91. The van der Waals surface area contributed by atoms with Crippen LogP contribution in [0.4, 0.5) is 0 Å². The number of para-hydroxylation sites is 2. The third-order valence-electron chi connectivity index (χ3n) is 5.36. The second-order valence-corrected chi connectivity index (χ2v) is 7.76. The van der Waals surface area contributed by atoms with E-state index in [1.165, 1.54) is 19.3 Å². The molecule has 0 aliphatic heterocycles. The first kappa shape index (κ1) is 21.7. The van der Waals surface area contributed by atoms with Crippen LogP contribution in [-0.4, -0.2) is 18.7 Å². The van der Waals surface area contributed by atoms with Crippen molar-refractivity contribution in [1.29, 1.82) is 0 Å². The van der Waals surface area contributed by atoms with E-state index in [0.29, 0.717) is 5.89 Å². The number of benzene rings is 3. The normalized spacial score (nSPS) is 11.3. The quantitative estimate of drug-likeness (QED) is 0.193. The molecule has 0 spiro atoms. The van der Waals surface area contributed by atoms with Crippen molar-refractivity contribution in [2.75, 3.05) is 13.7 Å². The summed E-state index contributed by atoms with van der Waals surface area (Å²) < 4.78 is 17.3. The highest BCUT2D eigenvalue weighted by Gasteiger charge is 2.07. The summed E-state index contributed by atoms with van der Waals surface area (Å²) in [7, 11) is 1.68. The Bertz CT molecular complexity index is 1140. The van der Waals surface area contributed by atoms with Crippen molar-refractivity contribution in [2.24, 2.45) is 0 Å². The van der Waals surface area contributed by atoms with Crippen LogP contribution in [0.1, 0.15) is 43.7 Å². The molecule has 1 aromatic heterocycles. The number of nitrogens with zero attached hydrogens (tertiary/aromatic N) is 1. The van der Waals surface area contributed by atoms with E-state index in [1.807, 2.05) is 54.6 Å². The largest absolute Gasteiger partial charge is 0.493 e. The van der Waals surface area contributed by atoms with Crippen LogP contribution in [0, 0.1) is 0 Å². The van der Waals surface area contributed by atoms with Gasteiger partial charge >= 0.3 is 0 Å². The smallest absolute Gasteiger partial charge is 0.227 e. The van der Waals surface area contributed by atoms with Gasteiger partial charge < -0.3 is 13.9 Å². The molecule has 0 fully saturated rings. The van der Waals surface area contributed by atoms with Crippen molar-refractivity contribution >= 4 is 23.3 Å². The van der Waals surface area contributed by atoms with E-state index < -0.39 is 0 Å². The van der Waals surface area contributed by atoms with E-state index in [9.17, 15) is 0 Å². The van der Waals surface area contributed by atoms with Crippen molar-refractivity contribution in [1.82, 2.24) is 4.98 Å². The number of unbranched alkanes of at least 4 members (excludes halogenated alkanes) is 3. The lowest BCUT2D eigenvalue weighted by molar-refractivity contribution is 0.285. The Morgan fingerprint density at radius 1 is 0.844 bits per heavy atom. The van der Waals surface area contributed by atoms with Crippen LogP contribution >= 0.6 is 0 Å². The van der Waals surface area contributed by atoms with Gasteiger partial charge in [-0.3, -0.25) is 0 Å². The fourth-order valence-electron chi connectivity index (χ4n) is 3.54. The summed E-state index contributed by atoms with van der Waals surface area (Å²) in [6.07, 6.45) is 8.89. The first-order valence-electron chi connectivity index (χ1n) is 11.2. The van der Waals surface area contributed by atoms with Crippen LogP contribution in [0.2, 0.25) is 0 Å². The molecule has 0 saturated carbocycles. The van der Waals surface area contributed by atoms with Crippen LogP contribution in [0.5, 0.6) is 11.5 Å². The molecule has 164 valence electrons. The number of hydrogen-bond donors (Lipinski definition) is 0. The molecule has 0 bridgehead atoms. The van der Waals surface area contributed by atoms with Crippen LogP contribution in [0.15, 0.2) is 71.1 Å². The third kappa shape index (κ3) is 5.38. The fourth-order valence-corrected chi connectivity index (χ4v) is 3.54. The number of methoxy groups -OCH3 is 1. The SMILES string of the molecule is CCCCCCOc1ccc(C=Cc2ccc(-c3nc4ccccc4o3)cc2)cc1OC. The molecule has 0 amide bonds. The summed E-state index contributed by atoms with van der Waals surface area (Å²) >= 11 is 0. The standard InChI is InChI=1S/C28H29NO3/c1-3-4-5-8-19-31-26-18-15-22(20-27(26)30-2)12-11-21-13-16-23(17-14-21)28-29-24-9-6-7-10-25(24)32-28/h6-7,9-18,20H,3-5,8,19H2,1-2H3. The van der Waals surface area contributed by atoms with E-state index in [0.717, 1.165) is 52.3 Å². The van der Waals surface area contributed by atoms with Crippen LogP contribution in [0.3, 0.4) is 0 Å². The maximum Gasteiger partial charge on any atom is 0.227 e. The zero-order chi connectivity index (χ0) is 22.2. The fraction of sp³-hybridized carbons (Fsp3) is 0.250. The first-order chi connectivity index (χ1) is 15.8. The number of hydrogen-bond acceptors (Lipinski definition) is 4. The Balaban J connectivity index is 1.41. The minimum absolute atomic E-state index is 0.636. The lowest BCUT2D eigenvalue weighted by Crippen LogP contribution is -1.99. The molecule has 0 aliphatic carbocycles. The van der Waals surface area contributed by atoms with Gasteiger partial charge in [-0.1, -0.05) is 68.7 Å². The molecule has 0 unspecified atom stereocenters. The monoisotopic (exact) mass is 427 g/mol. The molecule has 32 heavy (non-hydrogen) atoms. The van der Waals surface area contributed by atoms with Gasteiger partial charge in [-0.05, 0) is 53.9 Å². The van der Waals surface area contributed by atoms with Gasteiger partial charge in [0.25, 0.3) is 0 Å². The highest BCUT2D eigenvalue weighted by Crippen LogP contribution is 2.29. The topological polar surface area (TPSA) is 44.5 Å². The van der Waals surface area contributed by atoms with Gasteiger partial charge in [0.05, 0.1) is 13.7 Å². The molecule has 1 heterocycles. The Morgan fingerprint density at radius 3 is 2.41 bits per heavy atom. The molecule has 3 aromatic carbocycles. The average Bonchev–Trinajstić information content (AvgIpc) is 3.28. The molecule has 0 N–H and O–H groups in total. The highest BCUT2D eigenvalue weighted by molar-refractivity contribution is 5.77. The summed E-state index contributed by atoms with van der Waals surface area (Å²) in [5.74, 6) is 2.19. The molecular formula is C28H29NO3. The molecule has 4 heteroatoms. The molecule has 4 aromatic rings. The van der Waals surface area contributed by atoms with E-state index >= 15 is 0 Å². The number of fused-ring (bicyclic) bond motifs is 1. The summed E-state index contributed by atoms with van der Waals surface area (Å²) in [6, 6.07) is 22.0. The van der Waals surface area contributed by atoms with Gasteiger partial charge in [0, 0.05) is 5.56 Å². The molecular weight excluding hydrogens is 398 g/mol. The minimum Gasteiger partial charge on any atom is -0.493 e. The number of aromatic nitrogens is 1. The molecule has 4 rings (SSSR count). The van der Waals surface area contributed by atoms with Gasteiger partial charge in [0.15, 0.2) is 17.1 Å². The van der Waals surface area contributed by atoms with Crippen molar-refractivity contribution in [3.05, 3.63) is 77.9 Å². The highest BCUT2D eigenvalue weighted by atomic mass is 16.5. The molecule has 0 saturated heterocycles. The second-order valence-electron chi connectivity index (χ2n) is 7.76. The third-order valence-corrected chi connectivity index (χ3v) is 5.36. The summed E-state index contributed by atoms with van der Waals surface area (Å²) in [5, 5.41) is 0. The Hall–Kier alpha value is -3.53. The lowest BCUT2D eigenvalue weighted by atomic mass is 10.1. The zero-order valence-corrected chi connectivity index (χ0v) is 18.7. The molecule has 4 nitrogen and oxygen atoms in total. The molecule has 0 aliphatic rings. The molecule has 0 atom stereocenters. The maximum atomic E-state index is 5.91. The van der Waals surface area contributed by atoms with Crippen molar-refractivity contribution in [2.45, 2.75) is 32.6 Å². The number of rotatable bonds is 10. The summed E-state index contributed by atoms with van der Waals surface area (Å²) in [4.78, 5) is 4.56. The Morgan fingerprint density at radius 2 is 1.62 bits per heavy atom. The Kier molecular flexibility index (Phi) is 7.23. The van der Waals surface area contributed by atoms with Gasteiger partial charge in [-0.2, -0.15) is 0 Å². The van der Waals surface area contributed by atoms with Crippen LogP contribution in [-0.2, 0) is 0 Å². The zero-order valence-electron chi connectivity index (χ0n) is 18.7. The number of oxazole rings is 1. The summed E-state index contributed by atoms with van der Waals surface area (Å²) in [6.45, 7) is 2.93. The predicted octanol–water partition coefficient (Wildman–Crippen LogP) is 7.63. The second kappa shape index (κ2) is 10.7. The van der Waals surface area contributed by atoms with Crippen molar-refractivity contribution in [3.63, 3.8) is 0 Å².